The second kappa shape index (κ2) is 6.17. The van der Waals surface area contributed by atoms with E-state index in [0.717, 1.165) is 10.0 Å². The Bertz CT molecular complexity index is 682. The maximum atomic E-state index is 12.3. The molecule has 0 saturated heterocycles. The summed E-state index contributed by atoms with van der Waals surface area (Å²) in [5.74, 6) is 0.215. The number of nitrogens with zero attached hydrogens (tertiary/aromatic N) is 2. The molecule has 0 saturated carbocycles. The van der Waals surface area contributed by atoms with Gasteiger partial charge in [0, 0.05) is 17.2 Å². The molecule has 0 atom stereocenters. The second-order valence-corrected chi connectivity index (χ2v) is 5.46. The number of halogens is 1. The topological polar surface area (TPSA) is 82.2 Å². The van der Waals surface area contributed by atoms with Crippen molar-refractivity contribution in [2.45, 2.75) is 20.4 Å². The van der Waals surface area contributed by atoms with Crippen LogP contribution in [-0.4, -0.2) is 22.8 Å². The summed E-state index contributed by atoms with van der Waals surface area (Å²) in [5.41, 5.74) is 7.87. The number of amides is 1. The lowest BCUT2D eigenvalue weighted by Gasteiger charge is -2.13. The van der Waals surface area contributed by atoms with E-state index in [2.05, 4.69) is 26.3 Å². The second-order valence-electron chi connectivity index (χ2n) is 4.54. The number of hydrogen-bond donors (Lipinski definition) is 2. The zero-order chi connectivity index (χ0) is 15.6. The Morgan fingerprint density at radius 1 is 1.52 bits per heavy atom. The number of methoxy groups -OCH3 is 1. The molecule has 0 bridgehead atoms. The molecule has 2 rings (SSSR count). The Hall–Kier alpha value is -2.02. The maximum Gasteiger partial charge on any atom is 0.278 e. The van der Waals surface area contributed by atoms with Gasteiger partial charge in [-0.25, -0.2) is 0 Å². The molecule has 0 radical (unpaired) electrons. The van der Waals surface area contributed by atoms with E-state index in [-0.39, 0.29) is 11.6 Å². The van der Waals surface area contributed by atoms with Crippen molar-refractivity contribution in [3.05, 3.63) is 34.1 Å². The maximum absolute atomic E-state index is 12.3. The van der Waals surface area contributed by atoms with E-state index >= 15 is 0 Å². The fraction of sp³-hybridized carbons (Fsp3) is 0.286. The van der Waals surface area contributed by atoms with Crippen LogP contribution in [0.5, 0.6) is 5.75 Å². The molecule has 1 amide bonds. The van der Waals surface area contributed by atoms with Crippen molar-refractivity contribution < 1.29 is 9.53 Å². The lowest BCUT2D eigenvalue weighted by molar-refractivity contribution is 0.102. The molecule has 0 unspecified atom stereocenters. The molecule has 0 aliphatic rings. The molecular formula is C14H17BrN4O2. The minimum atomic E-state index is -0.358. The van der Waals surface area contributed by atoms with Crippen LogP contribution in [0.3, 0.4) is 0 Å². The highest BCUT2D eigenvalue weighted by molar-refractivity contribution is 9.10. The monoisotopic (exact) mass is 352 g/mol. The van der Waals surface area contributed by atoms with Crippen LogP contribution in [0.4, 0.5) is 11.4 Å². The van der Waals surface area contributed by atoms with E-state index in [0.29, 0.717) is 23.7 Å². The summed E-state index contributed by atoms with van der Waals surface area (Å²) in [4.78, 5) is 12.3. The van der Waals surface area contributed by atoms with Crippen LogP contribution in [0.1, 0.15) is 23.0 Å². The number of hydrogen-bond acceptors (Lipinski definition) is 4. The smallest absolute Gasteiger partial charge is 0.278 e. The summed E-state index contributed by atoms with van der Waals surface area (Å²) in [6, 6.07) is 3.68. The highest BCUT2D eigenvalue weighted by atomic mass is 79.9. The number of nitrogens with one attached hydrogen (secondary N) is 1. The van der Waals surface area contributed by atoms with Crippen LogP contribution in [0.15, 0.2) is 22.8 Å². The zero-order valence-corrected chi connectivity index (χ0v) is 13.7. The quantitative estimate of drug-likeness (QED) is 0.886. The number of carbonyl (C=O) groups excluding carboxylic acids is 1. The first-order chi connectivity index (χ1) is 9.96. The molecule has 112 valence electrons. The average molecular weight is 353 g/mol. The van der Waals surface area contributed by atoms with E-state index in [1.807, 2.05) is 19.9 Å². The molecule has 3 N–H and O–H groups in total. The van der Waals surface area contributed by atoms with Crippen molar-refractivity contribution in [1.29, 1.82) is 0 Å². The van der Waals surface area contributed by atoms with Gasteiger partial charge in [0.1, 0.15) is 5.75 Å². The molecule has 1 aromatic carbocycles. The van der Waals surface area contributed by atoms with Crippen molar-refractivity contribution in [1.82, 2.24) is 9.78 Å². The van der Waals surface area contributed by atoms with Gasteiger partial charge in [0.05, 0.1) is 18.5 Å². The van der Waals surface area contributed by atoms with Crippen molar-refractivity contribution in [2.24, 2.45) is 0 Å². The predicted octanol–water partition coefficient (Wildman–Crippen LogP) is 2.82. The number of aromatic nitrogens is 2. The van der Waals surface area contributed by atoms with Gasteiger partial charge in [-0.2, -0.15) is 5.10 Å². The van der Waals surface area contributed by atoms with Crippen LogP contribution in [0.2, 0.25) is 0 Å². The third kappa shape index (κ3) is 3.18. The number of carbonyl (C=O) groups is 1. The summed E-state index contributed by atoms with van der Waals surface area (Å²) in [6.45, 7) is 4.46. The summed E-state index contributed by atoms with van der Waals surface area (Å²) in [6.07, 6.45) is 1.64. The molecule has 2 aromatic rings. The van der Waals surface area contributed by atoms with Gasteiger partial charge in [-0.15, -0.1) is 0 Å². The summed E-state index contributed by atoms with van der Waals surface area (Å²) >= 11 is 3.39. The van der Waals surface area contributed by atoms with E-state index in [9.17, 15) is 4.79 Å². The molecule has 6 nitrogen and oxygen atoms in total. The third-order valence-electron chi connectivity index (χ3n) is 3.05. The largest absolute Gasteiger partial charge is 0.495 e. The zero-order valence-electron chi connectivity index (χ0n) is 12.1. The molecule has 0 spiro atoms. The molecule has 0 aliphatic carbocycles. The SMILES string of the molecule is CCn1cc(N)c(C(=O)Nc2c(C)cc(Br)cc2OC)n1. The number of nitrogens with two attached hydrogens (primary N) is 1. The summed E-state index contributed by atoms with van der Waals surface area (Å²) in [7, 11) is 1.55. The lowest BCUT2D eigenvalue weighted by atomic mass is 10.1. The molecule has 1 aromatic heterocycles. The molecule has 0 fully saturated rings. The normalized spacial score (nSPS) is 10.5. The van der Waals surface area contributed by atoms with Crippen LogP contribution in [0, 0.1) is 6.92 Å². The highest BCUT2D eigenvalue weighted by Gasteiger charge is 2.18. The molecule has 1 heterocycles. The van der Waals surface area contributed by atoms with Gasteiger partial charge in [-0.1, -0.05) is 15.9 Å². The third-order valence-corrected chi connectivity index (χ3v) is 3.51. The Kier molecular flexibility index (Phi) is 4.52. The Morgan fingerprint density at radius 3 is 2.81 bits per heavy atom. The van der Waals surface area contributed by atoms with Crippen LogP contribution in [-0.2, 0) is 6.54 Å². The minimum absolute atomic E-state index is 0.209. The van der Waals surface area contributed by atoms with Crippen molar-refractivity contribution in [3.63, 3.8) is 0 Å². The Morgan fingerprint density at radius 2 is 2.24 bits per heavy atom. The fourth-order valence-corrected chi connectivity index (χ4v) is 2.53. The number of benzene rings is 1. The van der Waals surface area contributed by atoms with Crippen molar-refractivity contribution in [2.75, 3.05) is 18.2 Å². The van der Waals surface area contributed by atoms with Crippen LogP contribution in [0.25, 0.3) is 0 Å². The fourth-order valence-electron chi connectivity index (χ4n) is 1.98. The minimum Gasteiger partial charge on any atom is -0.495 e. The highest BCUT2D eigenvalue weighted by Crippen LogP contribution is 2.32. The Labute approximate surface area is 131 Å². The van der Waals surface area contributed by atoms with E-state index in [1.54, 1.807) is 24.1 Å². The van der Waals surface area contributed by atoms with Gasteiger partial charge in [-0.3, -0.25) is 9.48 Å². The van der Waals surface area contributed by atoms with E-state index in [4.69, 9.17) is 10.5 Å². The van der Waals surface area contributed by atoms with Crippen molar-refractivity contribution >= 4 is 33.2 Å². The van der Waals surface area contributed by atoms with Gasteiger partial charge < -0.3 is 15.8 Å². The van der Waals surface area contributed by atoms with Crippen LogP contribution < -0.4 is 15.8 Å². The molecule has 21 heavy (non-hydrogen) atoms. The lowest BCUT2D eigenvalue weighted by Crippen LogP contribution is -2.16. The van der Waals surface area contributed by atoms with E-state index in [1.165, 1.54) is 0 Å². The molecule has 7 heteroatoms. The first-order valence-electron chi connectivity index (χ1n) is 6.44. The van der Waals surface area contributed by atoms with Gasteiger partial charge in [-0.05, 0) is 31.5 Å². The number of ether oxygens (including phenoxy) is 1. The van der Waals surface area contributed by atoms with Gasteiger partial charge in [0.15, 0.2) is 5.69 Å². The predicted molar refractivity (Wildman–Crippen MR) is 85.7 cm³/mol. The van der Waals surface area contributed by atoms with Crippen LogP contribution >= 0.6 is 15.9 Å². The van der Waals surface area contributed by atoms with Crippen molar-refractivity contribution in [3.8, 4) is 5.75 Å². The molecular weight excluding hydrogens is 336 g/mol. The number of anilines is 2. The molecule has 0 aliphatic heterocycles. The summed E-state index contributed by atoms with van der Waals surface area (Å²) in [5, 5.41) is 6.97. The first kappa shape index (κ1) is 15.4. The Balaban J connectivity index is 2.33. The van der Waals surface area contributed by atoms with Gasteiger partial charge in [0.25, 0.3) is 5.91 Å². The number of nitrogen functional groups attached to an aromatic ring is 1. The standard InChI is InChI=1S/C14H17BrN4O2/c1-4-19-7-10(16)13(18-19)14(20)17-12-8(2)5-9(15)6-11(12)21-3/h5-7H,4,16H2,1-3H3,(H,17,20). The van der Waals surface area contributed by atoms with E-state index < -0.39 is 0 Å². The average Bonchev–Trinajstić information content (AvgIpc) is 2.82. The number of rotatable bonds is 4. The first-order valence-corrected chi connectivity index (χ1v) is 7.24. The summed E-state index contributed by atoms with van der Waals surface area (Å²) < 4.78 is 7.80. The van der Waals surface area contributed by atoms with Gasteiger partial charge in [0.2, 0.25) is 0 Å². The van der Waals surface area contributed by atoms with Gasteiger partial charge >= 0.3 is 0 Å². The number of aryl methyl sites for hydroxylation is 2.